The van der Waals surface area contributed by atoms with Crippen LogP contribution in [0.2, 0.25) is 0 Å². The van der Waals surface area contributed by atoms with Crippen molar-refractivity contribution < 1.29 is 9.53 Å². The number of nitrogens with zero attached hydrogens (tertiary/aromatic N) is 2. The summed E-state index contributed by atoms with van der Waals surface area (Å²) in [5.41, 5.74) is 3.13. The molecular weight excluding hydrogens is 228 g/mol. The van der Waals surface area contributed by atoms with Crippen molar-refractivity contribution in [3.63, 3.8) is 0 Å². The van der Waals surface area contributed by atoms with E-state index in [-0.39, 0.29) is 5.91 Å². The Labute approximate surface area is 109 Å². The zero-order chi connectivity index (χ0) is 13.3. The fourth-order valence-electron chi connectivity index (χ4n) is 2.42. The van der Waals surface area contributed by atoms with Crippen LogP contribution in [0.5, 0.6) is 0 Å². The van der Waals surface area contributed by atoms with Gasteiger partial charge in [-0.3, -0.25) is 4.79 Å². The van der Waals surface area contributed by atoms with E-state index in [1.54, 1.807) is 12.0 Å². The van der Waals surface area contributed by atoms with E-state index in [1.807, 2.05) is 20.0 Å². The highest BCUT2D eigenvalue weighted by atomic mass is 16.5. The Bertz CT molecular complexity index is 447. The number of likely N-dealkylation sites (N-methyl/N-ethyl adjacent to an activating group) is 1. The van der Waals surface area contributed by atoms with Crippen molar-refractivity contribution in [1.82, 2.24) is 9.47 Å². The molecule has 1 heterocycles. The third-order valence-electron chi connectivity index (χ3n) is 3.60. The average molecular weight is 250 g/mol. The second-order valence-electron chi connectivity index (χ2n) is 5.11. The summed E-state index contributed by atoms with van der Waals surface area (Å²) in [6.07, 6.45) is 2.48. The second kappa shape index (κ2) is 5.14. The smallest absolute Gasteiger partial charge is 0.255 e. The number of ether oxygens (including phenoxy) is 1. The van der Waals surface area contributed by atoms with Crippen LogP contribution in [-0.4, -0.2) is 42.7 Å². The van der Waals surface area contributed by atoms with Crippen molar-refractivity contribution in [3.8, 4) is 0 Å². The predicted molar refractivity (Wildman–Crippen MR) is 71.0 cm³/mol. The van der Waals surface area contributed by atoms with E-state index in [1.165, 1.54) is 18.5 Å². The van der Waals surface area contributed by atoms with Gasteiger partial charge in [-0.2, -0.15) is 0 Å². The monoisotopic (exact) mass is 250 g/mol. The number of hydrogen-bond acceptors (Lipinski definition) is 2. The topological polar surface area (TPSA) is 34.5 Å². The van der Waals surface area contributed by atoms with Crippen molar-refractivity contribution in [1.29, 1.82) is 0 Å². The van der Waals surface area contributed by atoms with Gasteiger partial charge in [-0.1, -0.05) is 0 Å². The van der Waals surface area contributed by atoms with E-state index in [4.69, 9.17) is 4.74 Å². The molecule has 1 aromatic rings. The fraction of sp³-hybridized carbons (Fsp3) is 0.643. The molecule has 1 fully saturated rings. The zero-order valence-corrected chi connectivity index (χ0v) is 11.7. The fourth-order valence-corrected chi connectivity index (χ4v) is 2.42. The minimum absolute atomic E-state index is 0.0899. The summed E-state index contributed by atoms with van der Waals surface area (Å²) in [5, 5.41) is 0. The van der Waals surface area contributed by atoms with Crippen LogP contribution in [-0.2, 0) is 4.74 Å². The van der Waals surface area contributed by atoms with Gasteiger partial charge in [0.15, 0.2) is 0 Å². The molecule has 0 aliphatic heterocycles. The standard InChI is InChI=1S/C14H22N2O2/c1-10-9-13(11(2)16(10)12-5-6-12)14(17)15(3)7-8-18-4/h9,12H,5-8H2,1-4H3. The second-order valence-corrected chi connectivity index (χ2v) is 5.11. The molecule has 0 unspecified atom stereocenters. The predicted octanol–water partition coefficient (Wildman–Crippen LogP) is 2.16. The van der Waals surface area contributed by atoms with Gasteiger partial charge in [-0.25, -0.2) is 0 Å². The average Bonchev–Trinajstić information content (AvgIpc) is 3.12. The first-order valence-corrected chi connectivity index (χ1v) is 6.49. The Morgan fingerprint density at radius 1 is 1.50 bits per heavy atom. The lowest BCUT2D eigenvalue weighted by atomic mass is 10.2. The molecule has 1 saturated carbocycles. The molecule has 1 amide bonds. The van der Waals surface area contributed by atoms with E-state index in [9.17, 15) is 4.79 Å². The van der Waals surface area contributed by atoms with Gasteiger partial charge in [-0.15, -0.1) is 0 Å². The summed E-state index contributed by atoms with van der Waals surface area (Å²) < 4.78 is 7.31. The highest BCUT2D eigenvalue weighted by Crippen LogP contribution is 2.38. The van der Waals surface area contributed by atoms with Crippen molar-refractivity contribution in [2.75, 3.05) is 27.3 Å². The Hall–Kier alpha value is -1.29. The first kappa shape index (κ1) is 13.1. The summed E-state index contributed by atoms with van der Waals surface area (Å²) in [7, 11) is 3.47. The summed E-state index contributed by atoms with van der Waals surface area (Å²) in [6.45, 7) is 5.33. The molecule has 2 rings (SSSR count). The van der Waals surface area contributed by atoms with Gasteiger partial charge in [-0.05, 0) is 32.8 Å². The summed E-state index contributed by atoms with van der Waals surface area (Å²) in [4.78, 5) is 14.1. The number of aromatic nitrogens is 1. The number of amides is 1. The molecule has 0 radical (unpaired) electrons. The van der Waals surface area contributed by atoms with Crippen LogP contribution in [0.15, 0.2) is 6.07 Å². The quantitative estimate of drug-likeness (QED) is 0.802. The zero-order valence-electron chi connectivity index (χ0n) is 11.7. The highest BCUT2D eigenvalue weighted by Gasteiger charge is 2.28. The van der Waals surface area contributed by atoms with E-state index in [0.29, 0.717) is 19.2 Å². The molecule has 0 N–H and O–H groups in total. The normalized spacial score (nSPS) is 14.9. The van der Waals surface area contributed by atoms with Crippen molar-refractivity contribution in [3.05, 3.63) is 23.0 Å². The van der Waals surface area contributed by atoms with Gasteiger partial charge in [0.05, 0.1) is 12.2 Å². The van der Waals surface area contributed by atoms with Crippen LogP contribution in [0.1, 0.15) is 40.6 Å². The molecule has 100 valence electrons. The number of carbonyl (C=O) groups is 1. The summed E-state index contributed by atoms with van der Waals surface area (Å²) in [6, 6.07) is 2.63. The minimum Gasteiger partial charge on any atom is -0.383 e. The minimum atomic E-state index is 0.0899. The molecule has 0 atom stereocenters. The number of hydrogen-bond donors (Lipinski definition) is 0. The molecule has 0 spiro atoms. The Morgan fingerprint density at radius 2 is 2.17 bits per heavy atom. The molecule has 0 aromatic carbocycles. The maximum Gasteiger partial charge on any atom is 0.255 e. The molecule has 4 heteroatoms. The Kier molecular flexibility index (Phi) is 3.76. The maximum absolute atomic E-state index is 12.3. The lowest BCUT2D eigenvalue weighted by Gasteiger charge is -2.16. The maximum atomic E-state index is 12.3. The third-order valence-corrected chi connectivity index (χ3v) is 3.60. The van der Waals surface area contributed by atoms with Crippen LogP contribution in [0.4, 0.5) is 0 Å². The SMILES string of the molecule is COCCN(C)C(=O)c1cc(C)n(C2CC2)c1C. The van der Waals surface area contributed by atoms with Crippen LogP contribution < -0.4 is 0 Å². The van der Waals surface area contributed by atoms with Crippen molar-refractivity contribution in [2.24, 2.45) is 0 Å². The lowest BCUT2D eigenvalue weighted by molar-refractivity contribution is 0.0743. The van der Waals surface area contributed by atoms with Gasteiger partial charge in [0, 0.05) is 38.1 Å². The molecule has 4 nitrogen and oxygen atoms in total. The highest BCUT2D eigenvalue weighted by molar-refractivity contribution is 5.95. The molecule has 1 aliphatic carbocycles. The Balaban J connectivity index is 2.17. The first-order valence-electron chi connectivity index (χ1n) is 6.49. The van der Waals surface area contributed by atoms with E-state index >= 15 is 0 Å². The van der Waals surface area contributed by atoms with Gasteiger partial charge in [0.2, 0.25) is 0 Å². The van der Waals surface area contributed by atoms with Crippen LogP contribution in [0.25, 0.3) is 0 Å². The van der Waals surface area contributed by atoms with Crippen LogP contribution in [0.3, 0.4) is 0 Å². The lowest BCUT2D eigenvalue weighted by Crippen LogP contribution is -2.30. The largest absolute Gasteiger partial charge is 0.383 e. The van der Waals surface area contributed by atoms with E-state index < -0.39 is 0 Å². The Morgan fingerprint density at radius 3 is 2.72 bits per heavy atom. The van der Waals surface area contributed by atoms with Gasteiger partial charge in [0.1, 0.15) is 0 Å². The number of carbonyl (C=O) groups excluding carboxylic acids is 1. The third kappa shape index (κ3) is 2.43. The van der Waals surface area contributed by atoms with E-state index in [0.717, 1.165) is 11.3 Å². The molecule has 1 aromatic heterocycles. The van der Waals surface area contributed by atoms with Gasteiger partial charge < -0.3 is 14.2 Å². The van der Waals surface area contributed by atoms with Gasteiger partial charge in [0.25, 0.3) is 5.91 Å². The van der Waals surface area contributed by atoms with Crippen molar-refractivity contribution in [2.45, 2.75) is 32.7 Å². The summed E-state index contributed by atoms with van der Waals surface area (Å²) in [5.74, 6) is 0.0899. The number of aryl methyl sites for hydroxylation is 1. The number of rotatable bonds is 5. The summed E-state index contributed by atoms with van der Waals surface area (Å²) >= 11 is 0. The molecule has 18 heavy (non-hydrogen) atoms. The van der Waals surface area contributed by atoms with Gasteiger partial charge >= 0.3 is 0 Å². The molecule has 1 aliphatic rings. The molecule has 0 saturated heterocycles. The number of methoxy groups -OCH3 is 1. The molecule has 0 bridgehead atoms. The van der Waals surface area contributed by atoms with E-state index in [2.05, 4.69) is 11.5 Å². The van der Waals surface area contributed by atoms with Crippen LogP contribution in [0, 0.1) is 13.8 Å². The van der Waals surface area contributed by atoms with Crippen molar-refractivity contribution >= 4 is 5.91 Å². The van der Waals surface area contributed by atoms with Crippen LogP contribution >= 0.6 is 0 Å². The first-order chi connectivity index (χ1) is 8.56. The molecular formula is C14H22N2O2.